The van der Waals surface area contributed by atoms with Gasteiger partial charge in [0.2, 0.25) is 0 Å². The molecule has 1 spiro atoms. The number of fused-ring (bicyclic) bond motifs is 3. The number of carboxylic acids is 1. The van der Waals surface area contributed by atoms with E-state index in [4.69, 9.17) is 25.7 Å². The molecule has 1 aliphatic heterocycles. The molecule has 1 aromatic carbocycles. The van der Waals surface area contributed by atoms with Crippen LogP contribution in [0.1, 0.15) is 87.8 Å². The fourth-order valence-corrected chi connectivity index (χ4v) is 8.26. The number of pyridine rings is 1. The maximum atomic E-state index is 12.0. The highest BCUT2D eigenvalue weighted by atomic mass is 35.5. The third-order valence-electron chi connectivity index (χ3n) is 10.5. The molecule has 3 aliphatic rings. The van der Waals surface area contributed by atoms with Crippen LogP contribution in [0, 0.1) is 11.8 Å². The summed E-state index contributed by atoms with van der Waals surface area (Å²) in [6, 6.07) is 9.33. The van der Waals surface area contributed by atoms with Gasteiger partial charge in [-0.05, 0) is 98.3 Å². The van der Waals surface area contributed by atoms with Crippen molar-refractivity contribution in [3.63, 3.8) is 0 Å². The van der Waals surface area contributed by atoms with Crippen LogP contribution in [0.2, 0.25) is 23.3 Å². The van der Waals surface area contributed by atoms with Gasteiger partial charge in [0.1, 0.15) is 10.9 Å². The largest absolute Gasteiger partial charge is 0.490 e. The van der Waals surface area contributed by atoms with Crippen molar-refractivity contribution < 1.29 is 19.1 Å². The summed E-state index contributed by atoms with van der Waals surface area (Å²) >= 11 is 6.32. The minimum atomic E-state index is -1.99. The van der Waals surface area contributed by atoms with Crippen LogP contribution in [0.5, 0.6) is 5.75 Å². The first-order valence-electron chi connectivity index (χ1n) is 16.1. The number of carbonyl (C=O) groups is 1. The van der Waals surface area contributed by atoms with Crippen molar-refractivity contribution in [3.8, 4) is 5.75 Å². The van der Waals surface area contributed by atoms with E-state index in [9.17, 15) is 9.90 Å². The van der Waals surface area contributed by atoms with Crippen molar-refractivity contribution >= 4 is 31.6 Å². The Morgan fingerprint density at radius 3 is 2.74 bits per heavy atom. The fourth-order valence-electron chi connectivity index (χ4n) is 6.81. The van der Waals surface area contributed by atoms with Crippen LogP contribution >= 0.6 is 11.6 Å². The number of ether oxygens (including phenoxy) is 1. The topological polar surface area (TPSA) is 71.9 Å². The van der Waals surface area contributed by atoms with Gasteiger partial charge < -0.3 is 19.2 Å². The lowest BCUT2D eigenvalue weighted by Gasteiger charge is -2.48. The molecule has 0 radical (unpaired) electrons. The average molecular weight is 625 g/mol. The number of hydrogen-bond acceptors (Lipinski definition) is 5. The Morgan fingerprint density at radius 2 is 2.07 bits per heavy atom. The second kappa shape index (κ2) is 12.6. The van der Waals surface area contributed by atoms with E-state index in [-0.39, 0.29) is 22.1 Å². The molecule has 2 heterocycles. The predicted octanol–water partition coefficient (Wildman–Crippen LogP) is 8.68. The number of rotatable bonds is 9. The van der Waals surface area contributed by atoms with E-state index in [1.807, 2.05) is 12.1 Å². The van der Waals surface area contributed by atoms with Crippen molar-refractivity contribution in [3.05, 3.63) is 64.5 Å². The Bertz CT molecular complexity index is 1360. The Balaban J connectivity index is 1.49. The zero-order valence-corrected chi connectivity index (χ0v) is 28.5. The first-order valence-corrected chi connectivity index (χ1v) is 19.4. The van der Waals surface area contributed by atoms with Crippen molar-refractivity contribution in [2.24, 2.45) is 11.8 Å². The highest BCUT2D eigenvalue weighted by Crippen LogP contribution is 2.48. The van der Waals surface area contributed by atoms with E-state index in [1.54, 1.807) is 12.1 Å². The zero-order chi connectivity index (χ0) is 31.0. The lowest BCUT2D eigenvalue weighted by molar-refractivity contribution is 0.0524. The number of allylic oxidation sites excluding steroid dienone is 1. The number of carboxylic acid groups (broad SMARTS) is 1. The normalized spacial score (nSPS) is 24.6. The van der Waals surface area contributed by atoms with Crippen LogP contribution in [0.3, 0.4) is 0 Å². The molecular formula is C35H49ClN2O4Si. The lowest BCUT2D eigenvalue weighted by atomic mass is 9.69. The van der Waals surface area contributed by atoms with Gasteiger partial charge in [-0.25, -0.2) is 9.78 Å². The number of aryl methyl sites for hydroxylation is 1. The Kier molecular flexibility index (Phi) is 9.37. The fraction of sp³-hybridized carbons (Fsp3) is 0.600. The summed E-state index contributed by atoms with van der Waals surface area (Å²) in [4.78, 5) is 19.2. The second-order valence-electron chi connectivity index (χ2n) is 14.5. The highest BCUT2D eigenvalue weighted by Gasteiger charge is 2.47. The molecule has 1 fully saturated rings. The van der Waals surface area contributed by atoms with Crippen molar-refractivity contribution in [1.29, 1.82) is 0 Å². The van der Waals surface area contributed by atoms with Crippen LogP contribution in [-0.2, 0) is 16.3 Å². The molecule has 8 heteroatoms. The molecule has 2 aromatic rings. The molecule has 6 nitrogen and oxygen atoms in total. The number of hydrogen-bond donors (Lipinski definition) is 1. The summed E-state index contributed by atoms with van der Waals surface area (Å²) < 4.78 is 13.6. The molecule has 234 valence electrons. The van der Waals surface area contributed by atoms with E-state index < -0.39 is 14.3 Å². The Hall–Kier alpha value is -2.35. The smallest absolute Gasteiger partial charge is 0.335 e. The quantitative estimate of drug-likeness (QED) is 0.171. The average Bonchev–Trinajstić information content (AvgIpc) is 3.07. The van der Waals surface area contributed by atoms with Crippen LogP contribution in [-0.4, -0.2) is 50.2 Å². The van der Waals surface area contributed by atoms with E-state index >= 15 is 0 Å². The van der Waals surface area contributed by atoms with Crippen molar-refractivity contribution in [2.45, 2.75) is 102 Å². The minimum Gasteiger partial charge on any atom is -0.490 e. The van der Waals surface area contributed by atoms with Gasteiger partial charge in [0.25, 0.3) is 0 Å². The van der Waals surface area contributed by atoms with Gasteiger partial charge in [-0.15, -0.1) is 0 Å². The minimum absolute atomic E-state index is 0.0925. The second-order valence-corrected chi connectivity index (χ2v) is 19.6. The summed E-state index contributed by atoms with van der Waals surface area (Å²) in [6.45, 7) is 16.0. The first-order chi connectivity index (χ1) is 20.3. The molecule has 5 rings (SSSR count). The van der Waals surface area contributed by atoms with E-state index in [0.717, 1.165) is 75.2 Å². The van der Waals surface area contributed by atoms with Crippen molar-refractivity contribution in [1.82, 2.24) is 4.98 Å². The Morgan fingerprint density at radius 1 is 1.28 bits per heavy atom. The summed E-state index contributed by atoms with van der Waals surface area (Å²) in [6.07, 6.45) is 12.1. The van der Waals surface area contributed by atoms with Gasteiger partial charge in [0.15, 0.2) is 8.32 Å². The van der Waals surface area contributed by atoms with Gasteiger partial charge in [-0.1, -0.05) is 63.9 Å². The third kappa shape index (κ3) is 6.69. The van der Waals surface area contributed by atoms with E-state index in [1.165, 1.54) is 5.56 Å². The molecule has 4 atom stereocenters. The van der Waals surface area contributed by atoms with Crippen LogP contribution in [0.25, 0.3) is 0 Å². The van der Waals surface area contributed by atoms with Gasteiger partial charge in [0, 0.05) is 24.2 Å². The number of anilines is 1. The summed E-state index contributed by atoms with van der Waals surface area (Å²) in [5.74, 6) is 0.689. The van der Waals surface area contributed by atoms with Gasteiger partial charge in [0.05, 0.1) is 24.0 Å². The third-order valence-corrected chi connectivity index (χ3v) is 15.2. The molecule has 43 heavy (non-hydrogen) atoms. The van der Waals surface area contributed by atoms with Crippen LogP contribution in [0.4, 0.5) is 5.69 Å². The summed E-state index contributed by atoms with van der Waals surface area (Å²) in [5, 5.41) is 10.5. The highest BCUT2D eigenvalue weighted by molar-refractivity contribution is 6.74. The van der Waals surface area contributed by atoms with Gasteiger partial charge in [-0.2, -0.15) is 0 Å². The summed E-state index contributed by atoms with van der Waals surface area (Å²) in [5.41, 5.74) is 3.19. The van der Waals surface area contributed by atoms with Gasteiger partial charge in [-0.3, -0.25) is 0 Å². The Labute approximate surface area is 264 Å². The molecule has 2 aliphatic carbocycles. The van der Waals surface area contributed by atoms with E-state index in [2.05, 4.69) is 63.9 Å². The first kappa shape index (κ1) is 32.1. The van der Waals surface area contributed by atoms with Crippen LogP contribution in [0.15, 0.2) is 42.5 Å². The number of benzene rings is 1. The molecule has 1 saturated carbocycles. The monoisotopic (exact) mass is 624 g/mol. The lowest BCUT2D eigenvalue weighted by Crippen LogP contribution is -2.52. The standard InChI is InChI=1S/C35H49ClN2O4Si/c1-7-8-9-12-30(42-43(5,6)34(2,3)4)26-15-13-25(26)21-38-22-35(19-10-11-28-27(35)16-18-32(36)37-28)23-41-31-17-14-24(33(39)40)20-29(31)38/h9,12,14,16-18,20,25-26,30H,7-8,10-11,13,15,19,21-23H2,1-6H3,(H,39,40)/b12-9+/t25-,26+,30-,35-/m0/s1. The molecule has 0 saturated heterocycles. The molecule has 0 bridgehead atoms. The number of aromatic nitrogens is 1. The predicted molar refractivity (Wildman–Crippen MR) is 177 cm³/mol. The molecule has 0 unspecified atom stereocenters. The molecule has 1 aromatic heterocycles. The number of aromatic carboxylic acids is 1. The molecule has 1 N–H and O–H groups in total. The number of nitrogens with zero attached hydrogens (tertiary/aromatic N) is 2. The van der Waals surface area contributed by atoms with Crippen LogP contribution < -0.4 is 9.64 Å². The van der Waals surface area contributed by atoms with Crippen molar-refractivity contribution in [2.75, 3.05) is 24.6 Å². The SMILES string of the molecule is CCC/C=C/[C@H](O[Si](C)(C)C(C)(C)C)[C@@H]1CC[C@H]1CN1C[C@@]2(CCCc3nc(Cl)ccc32)COc2ccc(C(=O)O)cc21. The molecule has 0 amide bonds. The van der Waals surface area contributed by atoms with Gasteiger partial charge >= 0.3 is 5.97 Å². The van der Waals surface area contributed by atoms with E-state index in [0.29, 0.717) is 23.6 Å². The maximum Gasteiger partial charge on any atom is 0.335 e. The number of halogens is 1. The molecular weight excluding hydrogens is 576 g/mol. The summed E-state index contributed by atoms with van der Waals surface area (Å²) in [7, 11) is -1.99. The zero-order valence-electron chi connectivity index (χ0n) is 26.8. The maximum absolute atomic E-state index is 12.0. The number of unbranched alkanes of at least 4 members (excludes halogenated alkanes) is 1.